The molecule has 0 saturated heterocycles. The van der Waals surface area contributed by atoms with E-state index >= 15 is 0 Å². The minimum absolute atomic E-state index is 0.683. The van der Waals surface area contributed by atoms with Gasteiger partial charge in [0.1, 0.15) is 0 Å². The summed E-state index contributed by atoms with van der Waals surface area (Å²) in [6, 6.07) is 10.1. The van der Waals surface area contributed by atoms with Crippen LogP contribution in [0.3, 0.4) is 0 Å². The number of rotatable bonds is 6. The summed E-state index contributed by atoms with van der Waals surface area (Å²) < 4.78 is 1.56. The fraction of sp³-hybridized carbons (Fsp3) is 0.333. The zero-order valence-corrected chi connectivity index (χ0v) is 10.9. The molecule has 0 saturated carbocycles. The largest absolute Gasteiger partial charge is 0.336 e. The highest BCUT2D eigenvalue weighted by molar-refractivity contribution is 7.99. The fourth-order valence-electron chi connectivity index (χ4n) is 1.55. The number of benzene rings is 1. The molecule has 2 rings (SSSR count). The third kappa shape index (κ3) is 3.24. The first-order valence-corrected chi connectivity index (χ1v) is 6.86. The number of hydrogen-bond acceptors (Lipinski definition) is 5. The third-order valence-electron chi connectivity index (χ3n) is 2.52. The highest BCUT2D eigenvalue weighted by atomic mass is 32.2. The van der Waals surface area contributed by atoms with Crippen LogP contribution in [0.1, 0.15) is 17.8 Å². The van der Waals surface area contributed by atoms with Gasteiger partial charge in [0.05, 0.1) is 0 Å². The number of nitrogens with two attached hydrogens (primary N) is 2. The van der Waals surface area contributed by atoms with Crippen LogP contribution in [0.25, 0.3) is 0 Å². The Morgan fingerprint density at radius 1 is 1.17 bits per heavy atom. The summed E-state index contributed by atoms with van der Waals surface area (Å²) in [5.41, 5.74) is 6.63. The second-order valence-corrected chi connectivity index (χ2v) is 4.98. The average Bonchev–Trinajstić information content (AvgIpc) is 2.73. The Morgan fingerprint density at radius 3 is 2.67 bits per heavy atom. The van der Waals surface area contributed by atoms with E-state index in [4.69, 9.17) is 11.6 Å². The van der Waals surface area contributed by atoms with Gasteiger partial charge in [0, 0.05) is 12.2 Å². The summed E-state index contributed by atoms with van der Waals surface area (Å²) in [5, 5.41) is 8.96. The van der Waals surface area contributed by atoms with Gasteiger partial charge >= 0.3 is 0 Å². The zero-order valence-electron chi connectivity index (χ0n) is 10.1. The van der Waals surface area contributed by atoms with Gasteiger partial charge in [0.2, 0.25) is 5.16 Å². The molecule has 4 N–H and O–H groups in total. The van der Waals surface area contributed by atoms with Gasteiger partial charge in [-0.1, -0.05) is 42.1 Å². The minimum atomic E-state index is 0.683. The second kappa shape index (κ2) is 6.42. The van der Waals surface area contributed by atoms with Crippen molar-refractivity contribution in [3.8, 4) is 0 Å². The molecule has 0 aliphatic rings. The lowest BCUT2D eigenvalue weighted by Gasteiger charge is -2.03. The molecule has 0 unspecified atom stereocenters. The molecule has 0 bridgehead atoms. The molecule has 6 heteroatoms. The maximum Gasteiger partial charge on any atom is 0.209 e. The van der Waals surface area contributed by atoms with E-state index in [2.05, 4.69) is 22.3 Å². The van der Waals surface area contributed by atoms with E-state index in [-0.39, 0.29) is 0 Å². The van der Waals surface area contributed by atoms with Crippen molar-refractivity contribution in [2.45, 2.75) is 18.0 Å². The molecular formula is C12H17N5S. The van der Waals surface area contributed by atoms with E-state index in [0.29, 0.717) is 13.0 Å². The van der Waals surface area contributed by atoms with Crippen LogP contribution < -0.4 is 11.6 Å². The molecule has 18 heavy (non-hydrogen) atoms. The van der Waals surface area contributed by atoms with Crippen molar-refractivity contribution >= 4 is 11.8 Å². The third-order valence-corrected chi connectivity index (χ3v) is 3.55. The summed E-state index contributed by atoms with van der Waals surface area (Å²) in [7, 11) is 0. The molecule has 96 valence electrons. The Hall–Kier alpha value is -1.53. The van der Waals surface area contributed by atoms with Gasteiger partial charge in [-0.2, -0.15) is 0 Å². The summed E-state index contributed by atoms with van der Waals surface area (Å²) in [6.45, 7) is 0.683. The van der Waals surface area contributed by atoms with Crippen LogP contribution in [0.4, 0.5) is 0 Å². The standard InChI is InChI=1S/C12H17N5S/c13-7-4-8-18-12-16-15-11(17(12)14)9-10-5-2-1-3-6-10/h1-3,5-6H,4,7-9,13-14H2. The minimum Gasteiger partial charge on any atom is -0.336 e. The number of aromatic nitrogens is 3. The maximum atomic E-state index is 5.97. The van der Waals surface area contributed by atoms with Crippen molar-refractivity contribution < 1.29 is 0 Å². The highest BCUT2D eigenvalue weighted by Gasteiger charge is 2.10. The van der Waals surface area contributed by atoms with Crippen LogP contribution in [-0.2, 0) is 6.42 Å². The summed E-state index contributed by atoms with van der Waals surface area (Å²) >= 11 is 1.59. The van der Waals surface area contributed by atoms with Crippen LogP contribution >= 0.6 is 11.8 Å². The molecule has 0 radical (unpaired) electrons. The summed E-state index contributed by atoms with van der Waals surface area (Å²) in [5.74, 6) is 7.66. The number of thioether (sulfide) groups is 1. The molecule has 0 aliphatic heterocycles. The van der Waals surface area contributed by atoms with Crippen LogP contribution in [0, 0.1) is 0 Å². The number of nitrogen functional groups attached to an aromatic ring is 1. The Balaban J connectivity index is 2.02. The monoisotopic (exact) mass is 263 g/mol. The molecule has 1 aromatic heterocycles. The Labute approximate surface area is 111 Å². The van der Waals surface area contributed by atoms with Gasteiger partial charge in [0.15, 0.2) is 5.82 Å². The van der Waals surface area contributed by atoms with E-state index in [0.717, 1.165) is 23.2 Å². The molecule has 0 amide bonds. The zero-order chi connectivity index (χ0) is 12.8. The highest BCUT2D eigenvalue weighted by Crippen LogP contribution is 2.16. The van der Waals surface area contributed by atoms with Crippen molar-refractivity contribution in [2.24, 2.45) is 5.73 Å². The van der Waals surface area contributed by atoms with Crippen LogP contribution in [-0.4, -0.2) is 27.2 Å². The summed E-state index contributed by atoms with van der Waals surface area (Å²) in [6.07, 6.45) is 1.65. The molecule has 1 heterocycles. The first-order valence-electron chi connectivity index (χ1n) is 5.87. The predicted molar refractivity (Wildman–Crippen MR) is 73.8 cm³/mol. The number of nitrogens with zero attached hydrogens (tertiary/aromatic N) is 3. The van der Waals surface area contributed by atoms with Gasteiger partial charge in [-0.15, -0.1) is 10.2 Å². The predicted octanol–water partition coefficient (Wildman–Crippen LogP) is 1.02. The lowest BCUT2D eigenvalue weighted by atomic mass is 10.1. The van der Waals surface area contributed by atoms with Crippen molar-refractivity contribution in [3.05, 3.63) is 41.7 Å². The molecule has 0 spiro atoms. The van der Waals surface area contributed by atoms with Gasteiger partial charge in [0.25, 0.3) is 0 Å². The lowest BCUT2D eigenvalue weighted by molar-refractivity contribution is 0.803. The molecule has 1 aromatic carbocycles. The maximum absolute atomic E-state index is 5.97. The fourth-order valence-corrected chi connectivity index (χ4v) is 2.39. The topological polar surface area (TPSA) is 82.8 Å². The van der Waals surface area contributed by atoms with E-state index < -0.39 is 0 Å². The molecular weight excluding hydrogens is 246 g/mol. The first-order chi connectivity index (χ1) is 8.81. The van der Waals surface area contributed by atoms with Crippen molar-refractivity contribution in [1.29, 1.82) is 0 Å². The SMILES string of the molecule is NCCCSc1nnc(Cc2ccccc2)n1N. The van der Waals surface area contributed by atoms with E-state index in [1.807, 2.05) is 18.2 Å². The second-order valence-electron chi connectivity index (χ2n) is 3.92. The molecule has 0 atom stereocenters. The normalized spacial score (nSPS) is 10.7. The Bertz CT molecular complexity index is 482. The van der Waals surface area contributed by atoms with Gasteiger partial charge < -0.3 is 11.6 Å². The molecule has 0 aliphatic carbocycles. The van der Waals surface area contributed by atoms with Crippen molar-refractivity contribution in [2.75, 3.05) is 18.1 Å². The van der Waals surface area contributed by atoms with E-state index in [1.54, 1.807) is 16.4 Å². The average molecular weight is 263 g/mol. The van der Waals surface area contributed by atoms with Gasteiger partial charge in [-0.3, -0.25) is 0 Å². The van der Waals surface area contributed by atoms with Gasteiger partial charge in [-0.05, 0) is 18.5 Å². The Morgan fingerprint density at radius 2 is 1.94 bits per heavy atom. The Kier molecular flexibility index (Phi) is 4.60. The van der Waals surface area contributed by atoms with Crippen LogP contribution in [0.2, 0.25) is 0 Å². The lowest BCUT2D eigenvalue weighted by Crippen LogP contribution is -2.14. The van der Waals surface area contributed by atoms with E-state index in [1.165, 1.54) is 5.56 Å². The smallest absolute Gasteiger partial charge is 0.209 e. The summed E-state index contributed by atoms with van der Waals surface area (Å²) in [4.78, 5) is 0. The first kappa shape index (κ1) is 12.9. The quantitative estimate of drug-likeness (QED) is 0.462. The molecule has 5 nitrogen and oxygen atoms in total. The van der Waals surface area contributed by atoms with Crippen molar-refractivity contribution in [1.82, 2.24) is 14.9 Å². The van der Waals surface area contributed by atoms with Crippen molar-refractivity contribution in [3.63, 3.8) is 0 Å². The molecule has 2 aromatic rings. The van der Waals surface area contributed by atoms with Crippen LogP contribution in [0.15, 0.2) is 35.5 Å². The number of hydrogen-bond donors (Lipinski definition) is 2. The molecule has 0 fully saturated rings. The van der Waals surface area contributed by atoms with Gasteiger partial charge in [-0.25, -0.2) is 4.68 Å². The van der Waals surface area contributed by atoms with Crippen LogP contribution in [0.5, 0.6) is 0 Å². The van der Waals surface area contributed by atoms with E-state index in [9.17, 15) is 0 Å².